The molecule has 2 saturated carbocycles. The zero-order valence-corrected chi connectivity index (χ0v) is 10.8. The summed E-state index contributed by atoms with van der Waals surface area (Å²) in [7, 11) is 0.395. The van der Waals surface area contributed by atoms with Crippen molar-refractivity contribution in [3.05, 3.63) is 0 Å². The molecule has 0 amide bonds. The Bertz CT molecular complexity index is 174. The fraction of sp³-hybridized carbons (Fsp3) is 1.00. The Morgan fingerprint density at radius 2 is 1.64 bits per heavy atom. The molecule has 0 saturated heterocycles. The molecule has 0 aromatic heterocycles. The van der Waals surface area contributed by atoms with Crippen LogP contribution in [0.25, 0.3) is 0 Å². The monoisotopic (exact) mass is 212 g/mol. The minimum Gasteiger partial charge on any atom is -0.100 e. The van der Waals surface area contributed by atoms with Gasteiger partial charge in [0.1, 0.15) is 0 Å². The average Bonchev–Trinajstić information content (AvgIpc) is 2.78. The van der Waals surface area contributed by atoms with Gasteiger partial charge < -0.3 is 0 Å². The Hall–Kier alpha value is 0.430. The van der Waals surface area contributed by atoms with Gasteiger partial charge in [0.05, 0.1) is 0 Å². The van der Waals surface area contributed by atoms with Crippen molar-refractivity contribution >= 4 is 7.92 Å². The van der Waals surface area contributed by atoms with Crippen LogP contribution in [0.15, 0.2) is 0 Å². The molecule has 14 heavy (non-hydrogen) atoms. The van der Waals surface area contributed by atoms with Crippen molar-refractivity contribution in [1.29, 1.82) is 0 Å². The lowest BCUT2D eigenvalue weighted by molar-refractivity contribution is 0.495. The van der Waals surface area contributed by atoms with E-state index in [4.69, 9.17) is 0 Å². The van der Waals surface area contributed by atoms with E-state index in [9.17, 15) is 0 Å². The Balaban J connectivity index is 2.01. The molecule has 82 valence electrons. The van der Waals surface area contributed by atoms with Crippen LogP contribution < -0.4 is 0 Å². The van der Waals surface area contributed by atoms with E-state index in [1.54, 1.807) is 44.4 Å². The molecule has 0 N–H and O–H groups in total. The second-order valence-corrected chi connectivity index (χ2v) is 8.28. The molecule has 0 nitrogen and oxygen atoms in total. The van der Waals surface area contributed by atoms with Crippen LogP contribution in [0.2, 0.25) is 0 Å². The molecule has 2 bridgehead atoms. The highest BCUT2D eigenvalue weighted by Crippen LogP contribution is 2.66. The van der Waals surface area contributed by atoms with Crippen LogP contribution >= 0.6 is 7.92 Å². The van der Waals surface area contributed by atoms with Gasteiger partial charge in [0.25, 0.3) is 0 Å². The second-order valence-electron chi connectivity index (χ2n) is 5.36. The largest absolute Gasteiger partial charge is 0.100 e. The van der Waals surface area contributed by atoms with Gasteiger partial charge in [-0.2, -0.15) is 0 Å². The highest BCUT2D eigenvalue weighted by molar-refractivity contribution is 7.59. The summed E-state index contributed by atoms with van der Waals surface area (Å²) < 4.78 is 0. The van der Waals surface area contributed by atoms with E-state index in [2.05, 4.69) is 13.8 Å². The fourth-order valence-corrected chi connectivity index (χ4v) is 7.39. The van der Waals surface area contributed by atoms with Crippen LogP contribution in [0.3, 0.4) is 0 Å². The van der Waals surface area contributed by atoms with Crippen molar-refractivity contribution in [1.82, 2.24) is 0 Å². The molecule has 0 atom stereocenters. The third-order valence-corrected chi connectivity index (χ3v) is 8.31. The molecule has 2 fully saturated rings. The lowest BCUT2D eigenvalue weighted by atomic mass is 10.0. The van der Waals surface area contributed by atoms with E-state index in [0.29, 0.717) is 7.92 Å². The number of hydrogen-bond donors (Lipinski definition) is 0. The highest BCUT2D eigenvalue weighted by atomic mass is 31.1. The van der Waals surface area contributed by atoms with Gasteiger partial charge in [0.15, 0.2) is 0 Å². The van der Waals surface area contributed by atoms with E-state index < -0.39 is 0 Å². The maximum Gasteiger partial charge on any atom is -0.00916 e. The molecule has 2 rings (SSSR count). The van der Waals surface area contributed by atoms with Crippen LogP contribution in [0, 0.1) is 5.92 Å². The number of hydrogen-bond acceptors (Lipinski definition) is 0. The smallest absolute Gasteiger partial charge is 0.00916 e. The summed E-state index contributed by atoms with van der Waals surface area (Å²) >= 11 is 0. The SMILES string of the molecule is CCCP(CCC)C12CCC(CC1)C2. The summed E-state index contributed by atoms with van der Waals surface area (Å²) in [5.74, 6) is 1.15. The first-order chi connectivity index (χ1) is 6.80. The predicted octanol–water partition coefficient (Wildman–Crippen LogP) is 4.62. The van der Waals surface area contributed by atoms with Crippen molar-refractivity contribution in [3.8, 4) is 0 Å². The molecule has 0 aromatic carbocycles. The average molecular weight is 212 g/mol. The van der Waals surface area contributed by atoms with Gasteiger partial charge in [-0.3, -0.25) is 0 Å². The van der Waals surface area contributed by atoms with E-state index >= 15 is 0 Å². The Kier molecular flexibility index (Phi) is 3.53. The number of fused-ring (bicyclic) bond motifs is 2. The lowest BCUT2D eigenvalue weighted by Gasteiger charge is -2.36. The minimum atomic E-state index is 0.395. The summed E-state index contributed by atoms with van der Waals surface area (Å²) in [5.41, 5.74) is 0. The highest BCUT2D eigenvalue weighted by Gasteiger charge is 2.48. The van der Waals surface area contributed by atoms with Crippen molar-refractivity contribution < 1.29 is 0 Å². The molecule has 0 aromatic rings. The zero-order valence-electron chi connectivity index (χ0n) is 9.89. The Morgan fingerprint density at radius 1 is 1.07 bits per heavy atom. The number of rotatable bonds is 5. The first-order valence-electron chi connectivity index (χ1n) is 6.56. The topological polar surface area (TPSA) is 0 Å². The van der Waals surface area contributed by atoms with Crippen molar-refractivity contribution in [2.24, 2.45) is 5.92 Å². The summed E-state index contributed by atoms with van der Waals surface area (Å²) in [4.78, 5) is 0. The molecule has 0 aliphatic heterocycles. The van der Waals surface area contributed by atoms with Gasteiger partial charge in [0.2, 0.25) is 0 Å². The Labute approximate surface area is 90.6 Å². The third kappa shape index (κ3) is 1.87. The van der Waals surface area contributed by atoms with Gasteiger partial charge in [-0.1, -0.05) is 26.7 Å². The molecule has 0 spiro atoms. The van der Waals surface area contributed by atoms with E-state index in [1.807, 2.05) is 0 Å². The molecule has 2 aliphatic rings. The molecule has 0 radical (unpaired) electrons. The summed E-state index contributed by atoms with van der Waals surface area (Å²) in [6, 6.07) is 0. The summed E-state index contributed by atoms with van der Waals surface area (Å²) in [5, 5.41) is 0.895. The van der Waals surface area contributed by atoms with Crippen LogP contribution in [0.1, 0.15) is 58.8 Å². The normalized spacial score (nSPS) is 35.8. The van der Waals surface area contributed by atoms with E-state index in [0.717, 1.165) is 11.1 Å². The van der Waals surface area contributed by atoms with Gasteiger partial charge in [-0.05, 0) is 55.5 Å². The zero-order chi connectivity index (χ0) is 10.0. The molecular weight excluding hydrogens is 187 g/mol. The summed E-state index contributed by atoms with van der Waals surface area (Å²) in [6.07, 6.45) is 14.0. The van der Waals surface area contributed by atoms with Crippen molar-refractivity contribution in [2.45, 2.75) is 63.9 Å². The van der Waals surface area contributed by atoms with Crippen LogP contribution in [0.5, 0.6) is 0 Å². The van der Waals surface area contributed by atoms with Crippen LogP contribution in [-0.2, 0) is 0 Å². The Morgan fingerprint density at radius 3 is 2.00 bits per heavy atom. The molecule has 2 aliphatic carbocycles. The first kappa shape index (κ1) is 10.9. The third-order valence-electron chi connectivity index (χ3n) is 4.36. The molecular formula is C13H25P. The van der Waals surface area contributed by atoms with Gasteiger partial charge in [-0.25, -0.2) is 0 Å². The van der Waals surface area contributed by atoms with Crippen molar-refractivity contribution in [3.63, 3.8) is 0 Å². The maximum atomic E-state index is 2.38. The first-order valence-corrected chi connectivity index (χ1v) is 8.27. The quantitative estimate of drug-likeness (QED) is 0.583. The van der Waals surface area contributed by atoms with Gasteiger partial charge in [-0.15, -0.1) is 7.92 Å². The van der Waals surface area contributed by atoms with Crippen LogP contribution in [0.4, 0.5) is 0 Å². The predicted molar refractivity (Wildman–Crippen MR) is 66.5 cm³/mol. The van der Waals surface area contributed by atoms with Crippen LogP contribution in [-0.4, -0.2) is 17.5 Å². The maximum absolute atomic E-state index is 2.38. The second kappa shape index (κ2) is 4.52. The van der Waals surface area contributed by atoms with E-state index in [-0.39, 0.29) is 0 Å². The minimum absolute atomic E-state index is 0.395. The van der Waals surface area contributed by atoms with Gasteiger partial charge >= 0.3 is 0 Å². The molecule has 0 heterocycles. The van der Waals surface area contributed by atoms with E-state index in [1.165, 1.54) is 12.8 Å². The van der Waals surface area contributed by atoms with Gasteiger partial charge in [0, 0.05) is 0 Å². The lowest BCUT2D eigenvalue weighted by Crippen LogP contribution is -2.22. The molecule has 0 unspecified atom stereocenters. The molecule has 1 heteroatoms. The standard InChI is InChI=1S/C13H25P/c1-3-9-14(10-4-2)13-7-5-12(11-13)6-8-13/h12H,3-11H2,1-2H3. The fourth-order valence-electron chi connectivity index (χ4n) is 3.73. The van der Waals surface area contributed by atoms with Crippen molar-refractivity contribution in [2.75, 3.05) is 12.3 Å². The summed E-state index contributed by atoms with van der Waals surface area (Å²) in [6.45, 7) is 4.76.